The van der Waals surface area contributed by atoms with Crippen molar-refractivity contribution in [3.8, 4) is 11.5 Å². The molecule has 0 radical (unpaired) electrons. The molecule has 6 rings (SSSR count). The van der Waals surface area contributed by atoms with Crippen LogP contribution < -0.4 is 9.47 Å². The maximum atomic E-state index is 11.1. The molecule has 1 unspecified atom stereocenters. The number of ether oxygens (including phenoxy) is 2. The SMILES string of the molecule is COc1c(C(=O)O)ccc2c1CCC(C)(C)O2.CSc1ccc2c(c1)C(N1CCN(C)CC1)Cc1ccccc1S2.O=C(O)C=CC(=O)O. The highest BCUT2D eigenvalue weighted by Crippen LogP contribution is 2.44. The number of fused-ring (bicyclic) bond motifs is 3. The molecule has 3 aliphatic rings. The third-order valence-electron chi connectivity index (χ3n) is 8.54. The van der Waals surface area contributed by atoms with Gasteiger partial charge in [-0.05, 0) is 93.9 Å². The molecule has 1 fully saturated rings. The maximum absolute atomic E-state index is 11.1. The van der Waals surface area contributed by atoms with E-state index in [-0.39, 0.29) is 11.2 Å². The second-order valence-corrected chi connectivity index (χ2v) is 14.4. The normalized spacial score (nSPS) is 18.1. The molecule has 0 spiro atoms. The average molecular weight is 709 g/mol. The summed E-state index contributed by atoms with van der Waals surface area (Å²) in [7, 11) is 3.72. The second kappa shape index (κ2) is 17.1. The molecule has 3 aliphatic heterocycles. The molecule has 1 saturated heterocycles. The molecule has 3 aromatic carbocycles. The minimum Gasteiger partial charge on any atom is -0.495 e. The van der Waals surface area contributed by atoms with Gasteiger partial charge in [-0.15, -0.1) is 11.8 Å². The number of carbonyl (C=O) groups is 3. The molecule has 49 heavy (non-hydrogen) atoms. The van der Waals surface area contributed by atoms with Crippen molar-refractivity contribution in [2.24, 2.45) is 0 Å². The summed E-state index contributed by atoms with van der Waals surface area (Å²) in [6.07, 6.45) is 6.03. The van der Waals surface area contributed by atoms with E-state index in [1.54, 1.807) is 6.07 Å². The Morgan fingerprint density at radius 1 is 0.959 bits per heavy atom. The number of methoxy groups -OCH3 is 1. The van der Waals surface area contributed by atoms with Crippen LogP contribution in [0.5, 0.6) is 11.5 Å². The van der Waals surface area contributed by atoms with Crippen LogP contribution >= 0.6 is 23.5 Å². The van der Waals surface area contributed by atoms with Crippen molar-refractivity contribution in [3.05, 3.63) is 89.0 Å². The van der Waals surface area contributed by atoms with E-state index in [4.69, 9.17) is 24.8 Å². The molecule has 12 heteroatoms. The van der Waals surface area contributed by atoms with Crippen LogP contribution in [0.3, 0.4) is 0 Å². The quantitative estimate of drug-likeness (QED) is 0.188. The molecular formula is C37H44N2O8S2. The summed E-state index contributed by atoms with van der Waals surface area (Å²) >= 11 is 3.79. The summed E-state index contributed by atoms with van der Waals surface area (Å²) in [5, 5.41) is 24.7. The number of rotatable bonds is 6. The predicted octanol–water partition coefficient (Wildman–Crippen LogP) is 6.61. The van der Waals surface area contributed by atoms with Crippen molar-refractivity contribution < 1.29 is 39.2 Å². The number of aliphatic carboxylic acids is 2. The third-order valence-corrected chi connectivity index (χ3v) is 10.5. The van der Waals surface area contributed by atoms with Gasteiger partial charge >= 0.3 is 17.9 Å². The number of nitrogens with zero attached hydrogens (tertiary/aromatic N) is 2. The highest BCUT2D eigenvalue weighted by Gasteiger charge is 2.31. The lowest BCUT2D eigenvalue weighted by Gasteiger charge is -2.38. The lowest BCUT2D eigenvalue weighted by atomic mass is 9.92. The van der Waals surface area contributed by atoms with Crippen LogP contribution in [0.2, 0.25) is 0 Å². The largest absolute Gasteiger partial charge is 0.495 e. The fraction of sp³-hybridized carbons (Fsp3) is 0.378. The Hall–Kier alpha value is -3.97. The third kappa shape index (κ3) is 10.3. The van der Waals surface area contributed by atoms with E-state index < -0.39 is 17.9 Å². The molecule has 3 heterocycles. The molecule has 0 saturated carbocycles. The molecule has 10 nitrogen and oxygen atoms in total. The number of hydrogen-bond donors (Lipinski definition) is 3. The van der Waals surface area contributed by atoms with Crippen LogP contribution in [0.1, 0.15) is 53.4 Å². The van der Waals surface area contributed by atoms with Gasteiger partial charge in [-0.1, -0.05) is 30.0 Å². The summed E-state index contributed by atoms with van der Waals surface area (Å²) in [5.41, 5.74) is 3.85. The van der Waals surface area contributed by atoms with E-state index in [1.165, 1.54) is 52.1 Å². The van der Waals surface area contributed by atoms with E-state index in [0.29, 0.717) is 23.9 Å². The van der Waals surface area contributed by atoms with E-state index >= 15 is 0 Å². The average Bonchev–Trinajstić information content (AvgIpc) is 3.23. The van der Waals surface area contributed by atoms with Crippen molar-refractivity contribution in [2.45, 2.75) is 59.4 Å². The highest BCUT2D eigenvalue weighted by molar-refractivity contribution is 7.99. The first-order chi connectivity index (χ1) is 23.3. The summed E-state index contributed by atoms with van der Waals surface area (Å²) in [4.78, 5) is 39.5. The van der Waals surface area contributed by atoms with Crippen LogP contribution in [0.15, 0.2) is 81.4 Å². The number of piperazine rings is 1. The fourth-order valence-electron chi connectivity index (χ4n) is 5.94. The predicted molar refractivity (Wildman–Crippen MR) is 192 cm³/mol. The van der Waals surface area contributed by atoms with Gasteiger partial charge in [-0.2, -0.15) is 0 Å². The van der Waals surface area contributed by atoms with E-state index in [1.807, 2.05) is 37.4 Å². The number of thioether (sulfide) groups is 1. The standard InChI is InChI=1S/C20H24N2S2.C13H16O4.C4H4O4/c1-21-9-11-22(12-10-21)18-13-15-5-3-4-6-19(15)24-20-8-7-16(23-2)14-17(18)20;1-13(2)7-6-8-10(17-13)5-4-9(12(14)15)11(8)16-3;5-3(6)1-2-4(7)8/h3-8,14,18H,9-13H2,1-2H3;4-5H,6-7H2,1-3H3,(H,14,15);1-2H,(H,5,6)(H,7,8). The Morgan fingerprint density at radius 2 is 1.63 bits per heavy atom. The smallest absolute Gasteiger partial charge is 0.339 e. The Kier molecular flexibility index (Phi) is 13.2. The maximum Gasteiger partial charge on any atom is 0.339 e. The van der Waals surface area contributed by atoms with Gasteiger partial charge in [0.1, 0.15) is 22.7 Å². The zero-order chi connectivity index (χ0) is 35.7. The molecular weight excluding hydrogens is 665 g/mol. The Morgan fingerprint density at radius 3 is 2.24 bits per heavy atom. The van der Waals surface area contributed by atoms with Crippen molar-refractivity contribution >= 4 is 41.4 Å². The first-order valence-electron chi connectivity index (χ1n) is 15.9. The molecule has 0 aromatic heterocycles. The molecule has 1 atom stereocenters. The minimum absolute atomic E-state index is 0.189. The number of hydrogen-bond acceptors (Lipinski definition) is 9. The summed E-state index contributed by atoms with van der Waals surface area (Å²) < 4.78 is 11.0. The first kappa shape index (κ1) is 37.8. The molecule has 3 aromatic rings. The van der Waals surface area contributed by atoms with E-state index in [9.17, 15) is 14.4 Å². The van der Waals surface area contributed by atoms with Crippen molar-refractivity contribution in [2.75, 3.05) is 46.6 Å². The molecule has 262 valence electrons. The zero-order valence-electron chi connectivity index (χ0n) is 28.5. The Balaban J connectivity index is 0.000000189. The van der Waals surface area contributed by atoms with Crippen LogP contribution in [0.4, 0.5) is 0 Å². The van der Waals surface area contributed by atoms with Crippen molar-refractivity contribution in [1.29, 1.82) is 0 Å². The number of benzene rings is 3. The number of aromatic carboxylic acids is 1. The van der Waals surface area contributed by atoms with Gasteiger partial charge < -0.3 is 29.7 Å². The molecule has 0 amide bonds. The fourth-order valence-corrected chi connectivity index (χ4v) is 7.50. The Labute approximate surface area is 296 Å². The number of carboxylic acid groups (broad SMARTS) is 3. The van der Waals surface area contributed by atoms with E-state index in [2.05, 4.69) is 65.6 Å². The zero-order valence-corrected chi connectivity index (χ0v) is 30.1. The summed E-state index contributed by atoms with van der Waals surface area (Å²) in [6.45, 7) is 8.71. The minimum atomic E-state index is -1.26. The van der Waals surface area contributed by atoms with Gasteiger partial charge in [-0.3, -0.25) is 4.90 Å². The van der Waals surface area contributed by atoms with Gasteiger partial charge in [-0.25, -0.2) is 14.4 Å². The van der Waals surface area contributed by atoms with Crippen molar-refractivity contribution in [3.63, 3.8) is 0 Å². The van der Waals surface area contributed by atoms with Gasteiger partial charge in [0.05, 0.1) is 7.11 Å². The number of likely N-dealkylation sites (N-methyl/N-ethyl adjacent to an activating group) is 1. The van der Waals surface area contributed by atoms with E-state index in [0.717, 1.165) is 43.7 Å². The van der Waals surface area contributed by atoms with Gasteiger partial charge in [0.2, 0.25) is 0 Å². The molecule has 0 aliphatic carbocycles. The first-order valence-corrected chi connectivity index (χ1v) is 18.0. The van der Waals surface area contributed by atoms with Gasteiger partial charge in [0.15, 0.2) is 0 Å². The highest BCUT2D eigenvalue weighted by atomic mass is 32.2. The molecule has 0 bridgehead atoms. The van der Waals surface area contributed by atoms with Gasteiger partial charge in [0.25, 0.3) is 0 Å². The van der Waals surface area contributed by atoms with Crippen LogP contribution in [0, 0.1) is 0 Å². The topological polar surface area (TPSA) is 137 Å². The summed E-state index contributed by atoms with van der Waals surface area (Å²) in [6, 6.07) is 19.7. The van der Waals surface area contributed by atoms with Crippen LogP contribution in [-0.2, 0) is 22.4 Å². The number of carboxylic acids is 3. The Bertz CT molecular complexity index is 1670. The van der Waals surface area contributed by atoms with Crippen LogP contribution in [-0.4, -0.2) is 95.2 Å². The lowest BCUT2D eigenvalue weighted by Crippen LogP contribution is -2.46. The summed E-state index contributed by atoms with van der Waals surface area (Å²) in [5.74, 6) is -2.34. The lowest BCUT2D eigenvalue weighted by molar-refractivity contribution is -0.134. The molecule has 3 N–H and O–H groups in total. The monoisotopic (exact) mass is 708 g/mol. The second-order valence-electron chi connectivity index (χ2n) is 12.5. The van der Waals surface area contributed by atoms with Gasteiger partial charge in [0, 0.05) is 64.6 Å². The van der Waals surface area contributed by atoms with Crippen molar-refractivity contribution in [1.82, 2.24) is 9.80 Å². The van der Waals surface area contributed by atoms with Crippen LogP contribution in [0.25, 0.3) is 0 Å².